The van der Waals surface area contributed by atoms with E-state index in [0.29, 0.717) is 12.1 Å². The molecule has 23 atom stereocenters. The maximum Gasteiger partial charge on any atom is 0.308 e. The van der Waals surface area contributed by atoms with Crippen LogP contribution in [-0.4, -0.2) is 230 Å². The molecule has 3 unspecified atom stereocenters. The Balaban J connectivity index is 1.43. The highest BCUT2D eigenvalue weighted by molar-refractivity contribution is 5.80. The predicted octanol–water partition coefficient (Wildman–Crippen LogP) is -1.19. The number of hydrogen-bond donors (Lipinski definition) is 16. The van der Waals surface area contributed by atoms with Crippen molar-refractivity contribution in [2.75, 3.05) is 19.7 Å². The van der Waals surface area contributed by atoms with Crippen molar-refractivity contribution in [3.05, 3.63) is 115 Å². The number of allylic oxidation sites excluding steroid dienone is 12. The van der Waals surface area contributed by atoms with Crippen molar-refractivity contribution in [2.45, 2.75) is 207 Å². The fourth-order valence-corrected chi connectivity index (χ4v) is 10.5. The molecule has 0 spiro atoms. The number of amides is 1. The lowest BCUT2D eigenvalue weighted by atomic mass is 9.82. The molecular formula is C60H91N3O21. The van der Waals surface area contributed by atoms with E-state index in [9.17, 15) is 81.1 Å². The summed E-state index contributed by atoms with van der Waals surface area (Å²) in [5, 5.41) is 160. The molecule has 0 aromatic carbocycles. The molecule has 4 aliphatic heterocycles. The van der Waals surface area contributed by atoms with Crippen LogP contribution in [0.1, 0.15) is 84.8 Å². The van der Waals surface area contributed by atoms with Crippen molar-refractivity contribution in [2.24, 2.45) is 17.8 Å². The van der Waals surface area contributed by atoms with Crippen molar-refractivity contribution in [1.29, 1.82) is 0 Å². The molecule has 472 valence electrons. The zero-order chi connectivity index (χ0) is 61.7. The normalized spacial score (nSPS) is 43.4. The zero-order valence-corrected chi connectivity index (χ0v) is 48.1. The third kappa shape index (κ3) is 21.7. The molecule has 5 rings (SSSR count). The molecule has 3 fully saturated rings. The number of carbonyl (C=O) groups is 2. The number of esters is 1. The van der Waals surface area contributed by atoms with Gasteiger partial charge >= 0.3 is 5.97 Å². The van der Waals surface area contributed by atoms with E-state index in [0.717, 1.165) is 0 Å². The highest BCUT2D eigenvalue weighted by Crippen LogP contribution is 2.38. The van der Waals surface area contributed by atoms with Crippen LogP contribution in [0.15, 0.2) is 109 Å². The third-order valence-electron chi connectivity index (χ3n) is 15.7. The SMILES string of the molecule is CC1[C@H](C)OC(=O)C[C@H](O)C[C@H](O)CC[C@@H](O)[C@H](O)C[C@H](O)C[C@]2(O)C[C@H](O)C(C(=O)NCCc3ccccn3)C(C[C@@H](O[C@@H]3O[C@H](C)[C@@H](O)[C@H](NC[C@@]4(O)OC[C@@H](O)[C@H](O)[C@@H]4O)[C@@H]3O)/C=C/C=C/C=C/C=C/C=C/C=C/C=C/[C@H](C)[C@H]1O)O2. The van der Waals surface area contributed by atoms with Crippen LogP contribution in [0.3, 0.4) is 0 Å². The number of cyclic esters (lactones) is 1. The summed E-state index contributed by atoms with van der Waals surface area (Å²) in [6, 6.07) is 3.93. The van der Waals surface area contributed by atoms with Crippen LogP contribution in [0.5, 0.6) is 0 Å². The summed E-state index contributed by atoms with van der Waals surface area (Å²) < 4.78 is 29.5. The number of pyridine rings is 1. The molecule has 1 aromatic rings. The molecule has 84 heavy (non-hydrogen) atoms. The first-order chi connectivity index (χ1) is 39.8. The predicted molar refractivity (Wildman–Crippen MR) is 303 cm³/mol. The number of ether oxygens (including phenoxy) is 5. The van der Waals surface area contributed by atoms with Gasteiger partial charge in [-0.3, -0.25) is 14.6 Å². The summed E-state index contributed by atoms with van der Waals surface area (Å²) in [6.07, 6.45) is -1.43. The maximum atomic E-state index is 14.2. The number of aliphatic hydroxyl groups is 14. The van der Waals surface area contributed by atoms with Gasteiger partial charge in [0.05, 0.1) is 98.7 Å². The number of hydrogen-bond acceptors (Lipinski definition) is 23. The first kappa shape index (κ1) is 70.3. The Bertz CT molecular complexity index is 2360. The lowest BCUT2D eigenvalue weighted by Gasteiger charge is -2.47. The molecule has 1 aromatic heterocycles. The minimum absolute atomic E-state index is 0.0809. The van der Waals surface area contributed by atoms with E-state index in [4.69, 9.17) is 23.7 Å². The number of aliphatic hydroxyl groups excluding tert-OH is 12. The monoisotopic (exact) mass is 1190 g/mol. The fourth-order valence-electron chi connectivity index (χ4n) is 10.5. The summed E-state index contributed by atoms with van der Waals surface area (Å²) in [5.74, 6) is -8.47. The first-order valence-electron chi connectivity index (χ1n) is 28.8. The summed E-state index contributed by atoms with van der Waals surface area (Å²) >= 11 is 0. The van der Waals surface area contributed by atoms with Crippen LogP contribution >= 0.6 is 0 Å². The van der Waals surface area contributed by atoms with Crippen molar-refractivity contribution in [3.63, 3.8) is 0 Å². The van der Waals surface area contributed by atoms with Crippen LogP contribution in [0.25, 0.3) is 0 Å². The Hall–Kier alpha value is -4.49. The van der Waals surface area contributed by atoms with Crippen molar-refractivity contribution < 1.29 is 105 Å². The highest BCUT2D eigenvalue weighted by Gasteiger charge is 2.53. The van der Waals surface area contributed by atoms with Crippen LogP contribution in [0.4, 0.5) is 0 Å². The summed E-state index contributed by atoms with van der Waals surface area (Å²) in [5.41, 5.74) is 0.666. The van der Waals surface area contributed by atoms with Gasteiger partial charge in [-0.1, -0.05) is 105 Å². The Morgan fingerprint density at radius 2 is 1.32 bits per heavy atom. The molecule has 0 radical (unpaired) electrons. The Labute approximate surface area is 490 Å². The molecule has 1 amide bonds. The number of nitrogens with zero attached hydrogens (tertiary/aromatic N) is 1. The largest absolute Gasteiger partial charge is 0.462 e. The van der Waals surface area contributed by atoms with Gasteiger partial charge in [0.2, 0.25) is 11.7 Å². The van der Waals surface area contributed by atoms with Gasteiger partial charge in [-0.2, -0.15) is 0 Å². The maximum absolute atomic E-state index is 14.2. The molecule has 16 N–H and O–H groups in total. The van der Waals surface area contributed by atoms with Gasteiger partial charge in [-0.05, 0) is 45.2 Å². The second-order valence-electron chi connectivity index (χ2n) is 22.6. The van der Waals surface area contributed by atoms with E-state index in [1.165, 1.54) is 13.0 Å². The van der Waals surface area contributed by atoms with Gasteiger partial charge in [0.25, 0.3) is 0 Å². The van der Waals surface area contributed by atoms with Gasteiger partial charge in [0, 0.05) is 62.4 Å². The molecule has 5 heterocycles. The molecule has 24 heteroatoms. The van der Waals surface area contributed by atoms with E-state index in [2.05, 4.69) is 15.6 Å². The second-order valence-corrected chi connectivity index (χ2v) is 22.6. The zero-order valence-electron chi connectivity index (χ0n) is 48.1. The van der Waals surface area contributed by atoms with Crippen LogP contribution in [0.2, 0.25) is 0 Å². The van der Waals surface area contributed by atoms with E-state index in [1.807, 2.05) is 13.0 Å². The van der Waals surface area contributed by atoms with Gasteiger partial charge in [0.1, 0.15) is 30.5 Å². The quantitative estimate of drug-likeness (QED) is 0.129. The first-order valence-corrected chi connectivity index (χ1v) is 28.8. The Kier molecular flexibility index (Phi) is 28.6. The molecule has 3 saturated heterocycles. The Morgan fingerprint density at radius 1 is 0.679 bits per heavy atom. The van der Waals surface area contributed by atoms with Crippen LogP contribution < -0.4 is 10.6 Å². The topological polar surface area (TPSA) is 400 Å². The molecular weight excluding hydrogens is 1100 g/mol. The van der Waals surface area contributed by atoms with Gasteiger partial charge in [-0.25, -0.2) is 0 Å². The molecule has 4 aliphatic rings. The molecule has 0 saturated carbocycles. The number of aromatic nitrogens is 1. The lowest BCUT2D eigenvalue weighted by molar-refractivity contribution is -0.323. The number of nitrogens with one attached hydrogen (secondary N) is 2. The fraction of sp³-hybridized carbons (Fsp3) is 0.650. The van der Waals surface area contributed by atoms with E-state index in [-0.39, 0.29) is 38.1 Å². The minimum atomic E-state index is -2.47. The average molecular weight is 1190 g/mol. The number of rotatable bonds is 9. The Morgan fingerprint density at radius 3 is 1.96 bits per heavy atom. The van der Waals surface area contributed by atoms with Crippen LogP contribution in [-0.2, 0) is 39.7 Å². The van der Waals surface area contributed by atoms with E-state index >= 15 is 0 Å². The summed E-state index contributed by atoms with van der Waals surface area (Å²) in [4.78, 5) is 31.2. The van der Waals surface area contributed by atoms with Crippen molar-refractivity contribution in [1.82, 2.24) is 15.6 Å². The minimum Gasteiger partial charge on any atom is -0.462 e. The standard InChI is InChI=1S/C60H91N3O21/c1-35-19-15-13-11-9-7-5-6-8-10-12-14-16-21-43(83-58-55(75)51(53(73)38(4)82-58)63-34-60(79)56(76)54(74)47(70)33-80-60)30-48-50(57(77)62-26-24-39-20-17-18-25-61-39)46(69)32-59(78,84-48)31-42(66)28-45(68)44(67)23-22-40(64)27-41(65)29-49(71)81-37(3)36(2)52(35)72/h5-21,25,35-38,40-48,50-56,58,63-70,72-76,78-79H,22-24,26-34H2,1-4H3,(H,62,77)/b6-5+,9-7+,10-8+,13-11+,14-12+,19-15+,21-16+/t35-,36?,37-,38+,40+,41+,42-,43-,44+,45+,46-,47+,48?,50?,51-,52+,53+,54-,55-,56-,58-,59+,60+/m0/s1. The van der Waals surface area contributed by atoms with Gasteiger partial charge in [-0.15, -0.1) is 0 Å². The molecule has 2 bridgehead atoms. The molecule has 24 nitrogen and oxygen atoms in total. The van der Waals surface area contributed by atoms with Crippen molar-refractivity contribution >= 4 is 11.9 Å². The van der Waals surface area contributed by atoms with Gasteiger partial charge < -0.3 is 106 Å². The summed E-state index contributed by atoms with van der Waals surface area (Å²) in [6.45, 7) is 5.54. The third-order valence-corrected chi connectivity index (χ3v) is 15.7. The van der Waals surface area contributed by atoms with Gasteiger partial charge in [0.15, 0.2) is 12.1 Å². The smallest absolute Gasteiger partial charge is 0.308 e. The van der Waals surface area contributed by atoms with Crippen LogP contribution in [0, 0.1) is 17.8 Å². The molecule has 0 aliphatic carbocycles. The number of fused-ring (bicyclic) bond motifs is 2. The van der Waals surface area contributed by atoms with E-state index in [1.54, 1.807) is 111 Å². The highest BCUT2D eigenvalue weighted by atomic mass is 16.7. The van der Waals surface area contributed by atoms with E-state index < -0.39 is 184 Å². The number of carbonyl (C=O) groups excluding carboxylic acids is 2. The summed E-state index contributed by atoms with van der Waals surface area (Å²) in [7, 11) is 0. The van der Waals surface area contributed by atoms with Crippen molar-refractivity contribution in [3.8, 4) is 0 Å². The average Bonchev–Trinajstić information content (AvgIpc) is 1.75. The second kappa shape index (κ2) is 34.2. The lowest BCUT2D eigenvalue weighted by Crippen LogP contribution is -2.69.